The zero-order valence-corrected chi connectivity index (χ0v) is 17.5. The van der Waals surface area contributed by atoms with E-state index < -0.39 is 17.8 Å². The molecule has 0 bridgehead atoms. The van der Waals surface area contributed by atoms with Gasteiger partial charge in [0.25, 0.3) is 0 Å². The standard InChI is InChI=1S/C21H26FN3O3S/c1-5-10-29-21-24-18-17(19(26)25-21)16(13-6-8-14(22)9-7-13)15(12(4)23-18)20(27)28-11(2)3/h5-9,11,16-18,21,23-24H,1,10H2,2-4H3,(H,25,26). The SMILES string of the molecule is C=CCSC1NC(=O)C2C(NC(C)=C(C(=O)OC(C)C)C2c2ccc(F)cc2)N1. The highest BCUT2D eigenvalue weighted by Gasteiger charge is 2.48. The van der Waals surface area contributed by atoms with Crippen molar-refractivity contribution in [2.45, 2.75) is 44.5 Å². The van der Waals surface area contributed by atoms with Crippen molar-refractivity contribution in [2.75, 3.05) is 5.75 Å². The second-order valence-corrected chi connectivity index (χ2v) is 8.49. The topological polar surface area (TPSA) is 79.5 Å². The van der Waals surface area contributed by atoms with Crippen molar-refractivity contribution in [3.05, 3.63) is 59.6 Å². The van der Waals surface area contributed by atoms with Crippen LogP contribution in [0.2, 0.25) is 0 Å². The van der Waals surface area contributed by atoms with Gasteiger partial charge in [0.05, 0.1) is 23.8 Å². The summed E-state index contributed by atoms with van der Waals surface area (Å²) in [5.74, 6) is -1.52. The van der Waals surface area contributed by atoms with Crippen LogP contribution in [0.15, 0.2) is 48.2 Å². The lowest BCUT2D eigenvalue weighted by molar-refractivity contribution is -0.143. The van der Waals surface area contributed by atoms with Gasteiger partial charge in [0.15, 0.2) is 0 Å². The fraction of sp³-hybridized carbons (Fsp3) is 0.429. The molecule has 29 heavy (non-hydrogen) atoms. The molecule has 2 aliphatic rings. The smallest absolute Gasteiger partial charge is 0.336 e. The Morgan fingerprint density at radius 3 is 2.62 bits per heavy atom. The molecule has 8 heteroatoms. The molecule has 1 saturated heterocycles. The molecule has 3 N–H and O–H groups in total. The number of benzene rings is 1. The fourth-order valence-electron chi connectivity index (χ4n) is 3.74. The Balaban J connectivity index is 2.01. The quantitative estimate of drug-likeness (QED) is 0.486. The Kier molecular flexibility index (Phi) is 6.64. The highest BCUT2D eigenvalue weighted by atomic mass is 32.2. The van der Waals surface area contributed by atoms with Crippen LogP contribution in [0.1, 0.15) is 32.3 Å². The van der Waals surface area contributed by atoms with Crippen molar-refractivity contribution < 1.29 is 18.7 Å². The zero-order valence-electron chi connectivity index (χ0n) is 16.7. The first-order valence-electron chi connectivity index (χ1n) is 9.54. The van der Waals surface area contributed by atoms with Crippen molar-refractivity contribution in [2.24, 2.45) is 5.92 Å². The van der Waals surface area contributed by atoms with Crippen LogP contribution < -0.4 is 16.0 Å². The van der Waals surface area contributed by atoms with Gasteiger partial charge in [0.2, 0.25) is 5.91 Å². The first-order valence-corrected chi connectivity index (χ1v) is 10.6. The van der Waals surface area contributed by atoms with Crippen molar-refractivity contribution in [3.63, 3.8) is 0 Å². The molecule has 0 aromatic heterocycles. The van der Waals surface area contributed by atoms with Crippen LogP contribution in [0.3, 0.4) is 0 Å². The maximum absolute atomic E-state index is 13.5. The number of hydrogen-bond acceptors (Lipinski definition) is 6. The minimum absolute atomic E-state index is 0.181. The van der Waals surface area contributed by atoms with Crippen molar-refractivity contribution >= 4 is 23.6 Å². The number of ether oxygens (including phenoxy) is 1. The summed E-state index contributed by atoms with van der Waals surface area (Å²) in [6.07, 6.45) is 1.09. The van der Waals surface area contributed by atoms with Gasteiger partial charge in [-0.3, -0.25) is 10.1 Å². The van der Waals surface area contributed by atoms with E-state index >= 15 is 0 Å². The number of carbonyl (C=O) groups excluding carboxylic acids is 2. The largest absolute Gasteiger partial charge is 0.460 e. The van der Waals surface area contributed by atoms with E-state index in [1.165, 1.54) is 23.9 Å². The molecule has 2 aliphatic heterocycles. The Morgan fingerprint density at radius 2 is 2.00 bits per heavy atom. The Hall–Kier alpha value is -2.32. The molecule has 1 fully saturated rings. The molecule has 1 aromatic rings. The lowest BCUT2D eigenvalue weighted by atomic mass is 9.74. The monoisotopic (exact) mass is 419 g/mol. The minimum Gasteiger partial charge on any atom is -0.460 e. The zero-order chi connectivity index (χ0) is 21.1. The number of fused-ring (bicyclic) bond motifs is 1. The van der Waals surface area contributed by atoms with Crippen molar-refractivity contribution in [3.8, 4) is 0 Å². The Morgan fingerprint density at radius 1 is 1.31 bits per heavy atom. The fourth-order valence-corrected chi connectivity index (χ4v) is 4.51. The van der Waals surface area contributed by atoms with Crippen LogP contribution in [0, 0.1) is 11.7 Å². The number of thioether (sulfide) groups is 1. The third-order valence-electron chi connectivity index (χ3n) is 4.88. The van der Waals surface area contributed by atoms with Gasteiger partial charge in [-0.15, -0.1) is 18.3 Å². The number of nitrogens with one attached hydrogen (secondary N) is 3. The van der Waals surface area contributed by atoms with Gasteiger partial charge in [-0.1, -0.05) is 18.2 Å². The predicted molar refractivity (Wildman–Crippen MR) is 111 cm³/mol. The second kappa shape index (κ2) is 9.00. The number of esters is 1. The van der Waals surface area contributed by atoms with Gasteiger partial charge in [0, 0.05) is 17.4 Å². The summed E-state index contributed by atoms with van der Waals surface area (Å²) >= 11 is 1.51. The second-order valence-electron chi connectivity index (χ2n) is 7.35. The lowest BCUT2D eigenvalue weighted by Gasteiger charge is -2.45. The average Bonchev–Trinajstić information content (AvgIpc) is 2.65. The molecule has 2 heterocycles. The van der Waals surface area contributed by atoms with E-state index in [1.54, 1.807) is 39.0 Å². The van der Waals surface area contributed by atoms with Crippen molar-refractivity contribution in [1.29, 1.82) is 0 Å². The van der Waals surface area contributed by atoms with Crippen LogP contribution in [-0.2, 0) is 14.3 Å². The van der Waals surface area contributed by atoms with Gasteiger partial charge in [0.1, 0.15) is 11.3 Å². The first kappa shape index (κ1) is 21.4. The number of amides is 1. The summed E-state index contributed by atoms with van der Waals surface area (Å²) in [5, 5.41) is 9.59. The van der Waals surface area contributed by atoms with E-state index in [-0.39, 0.29) is 29.5 Å². The molecule has 4 atom stereocenters. The van der Waals surface area contributed by atoms with Crippen LogP contribution in [0.5, 0.6) is 0 Å². The van der Waals surface area contributed by atoms with Crippen LogP contribution in [-0.4, -0.2) is 35.4 Å². The summed E-state index contributed by atoms with van der Waals surface area (Å²) in [7, 11) is 0. The van der Waals surface area contributed by atoms with E-state index in [4.69, 9.17) is 4.74 Å². The van der Waals surface area contributed by atoms with Gasteiger partial charge in [-0.25, -0.2) is 9.18 Å². The summed E-state index contributed by atoms with van der Waals surface area (Å²) < 4.78 is 19.0. The number of rotatable bonds is 6. The molecule has 0 radical (unpaired) electrons. The molecule has 0 spiro atoms. The van der Waals surface area contributed by atoms with E-state index in [2.05, 4.69) is 22.5 Å². The maximum atomic E-state index is 13.5. The summed E-state index contributed by atoms with van der Waals surface area (Å²) in [4.78, 5) is 26.0. The molecule has 3 rings (SSSR count). The molecule has 1 amide bonds. The molecule has 6 nitrogen and oxygen atoms in total. The van der Waals surface area contributed by atoms with Crippen molar-refractivity contribution in [1.82, 2.24) is 16.0 Å². The first-order chi connectivity index (χ1) is 13.8. The van der Waals surface area contributed by atoms with Gasteiger partial charge >= 0.3 is 5.97 Å². The number of allylic oxidation sites excluding steroid dienone is 1. The van der Waals surface area contributed by atoms with Gasteiger partial charge in [-0.05, 0) is 38.5 Å². The summed E-state index contributed by atoms with van der Waals surface area (Å²) in [6.45, 7) is 9.05. The number of hydrogen-bond donors (Lipinski definition) is 3. The number of carbonyl (C=O) groups is 2. The molecule has 4 unspecified atom stereocenters. The molecule has 1 aromatic carbocycles. The number of halogens is 1. The van der Waals surface area contributed by atoms with Gasteiger partial charge < -0.3 is 15.4 Å². The van der Waals surface area contributed by atoms with Gasteiger partial charge in [-0.2, -0.15) is 0 Å². The molecule has 0 aliphatic carbocycles. The normalized spacial score (nSPS) is 26.4. The summed E-state index contributed by atoms with van der Waals surface area (Å²) in [5.41, 5.74) is 1.44. The van der Waals surface area contributed by atoms with E-state index in [1.807, 2.05) is 0 Å². The highest BCUT2D eigenvalue weighted by Crippen LogP contribution is 2.41. The van der Waals surface area contributed by atoms with Crippen LogP contribution >= 0.6 is 11.8 Å². The predicted octanol–water partition coefficient (Wildman–Crippen LogP) is 2.60. The van der Waals surface area contributed by atoms with E-state index in [0.29, 0.717) is 22.6 Å². The van der Waals surface area contributed by atoms with E-state index in [9.17, 15) is 14.0 Å². The average molecular weight is 420 g/mol. The van der Waals surface area contributed by atoms with Crippen LogP contribution in [0.25, 0.3) is 0 Å². The molecule has 156 valence electrons. The van der Waals surface area contributed by atoms with E-state index in [0.717, 1.165) is 0 Å². The minimum atomic E-state index is -0.598. The third kappa shape index (κ3) is 4.64. The van der Waals surface area contributed by atoms with Crippen LogP contribution in [0.4, 0.5) is 4.39 Å². The molecular formula is C21H26FN3O3S. The third-order valence-corrected chi connectivity index (χ3v) is 5.90. The molecule has 0 saturated carbocycles. The Labute approximate surface area is 174 Å². The lowest BCUT2D eigenvalue weighted by Crippen LogP contribution is -2.67. The Bertz CT molecular complexity index is 825. The highest BCUT2D eigenvalue weighted by molar-refractivity contribution is 7.99. The molecular weight excluding hydrogens is 393 g/mol. The maximum Gasteiger partial charge on any atom is 0.336 e. The summed E-state index contributed by atoms with van der Waals surface area (Å²) in [6, 6.07) is 5.91.